The van der Waals surface area contributed by atoms with Crippen LogP contribution in [0, 0.1) is 17.0 Å². The molecule has 25 heavy (non-hydrogen) atoms. The van der Waals surface area contributed by atoms with Crippen LogP contribution in [0.25, 0.3) is 0 Å². The third-order valence-corrected chi connectivity index (χ3v) is 4.43. The lowest BCUT2D eigenvalue weighted by molar-refractivity contribution is -0.385. The first kappa shape index (κ1) is 17.4. The van der Waals surface area contributed by atoms with Crippen LogP contribution in [-0.4, -0.2) is 36.1 Å². The highest BCUT2D eigenvalue weighted by molar-refractivity contribution is 5.47. The maximum absolute atomic E-state index is 11.0. The summed E-state index contributed by atoms with van der Waals surface area (Å²) in [5, 5.41) is 14.3. The van der Waals surface area contributed by atoms with Crippen molar-refractivity contribution in [1.29, 1.82) is 0 Å². The molecule has 0 radical (unpaired) electrons. The van der Waals surface area contributed by atoms with E-state index in [1.165, 1.54) is 5.56 Å². The third-order valence-electron chi connectivity index (χ3n) is 4.43. The summed E-state index contributed by atoms with van der Waals surface area (Å²) in [6.07, 6.45) is 0. The van der Waals surface area contributed by atoms with E-state index in [4.69, 9.17) is 4.74 Å². The molecule has 1 heterocycles. The van der Waals surface area contributed by atoms with E-state index in [1.54, 1.807) is 19.1 Å². The predicted molar refractivity (Wildman–Crippen MR) is 97.7 cm³/mol. The van der Waals surface area contributed by atoms with Gasteiger partial charge >= 0.3 is 0 Å². The number of benzene rings is 2. The number of aryl methyl sites for hydroxylation is 1. The maximum Gasteiger partial charge on any atom is 0.272 e. The average Bonchev–Trinajstić information content (AvgIpc) is 2.63. The third kappa shape index (κ3) is 4.78. The van der Waals surface area contributed by atoms with Gasteiger partial charge in [0.15, 0.2) is 0 Å². The minimum absolute atomic E-state index is 0.167. The first-order chi connectivity index (χ1) is 12.1. The van der Waals surface area contributed by atoms with Crippen LogP contribution in [0.5, 0.6) is 0 Å². The van der Waals surface area contributed by atoms with Gasteiger partial charge in [-0.3, -0.25) is 15.0 Å². The van der Waals surface area contributed by atoms with Crippen molar-refractivity contribution in [2.45, 2.75) is 20.0 Å². The fourth-order valence-electron chi connectivity index (χ4n) is 2.91. The van der Waals surface area contributed by atoms with Gasteiger partial charge in [-0.15, -0.1) is 0 Å². The Hall–Kier alpha value is -2.44. The fourth-order valence-corrected chi connectivity index (χ4v) is 2.91. The van der Waals surface area contributed by atoms with Crippen LogP contribution in [0.4, 0.5) is 11.4 Å². The summed E-state index contributed by atoms with van der Waals surface area (Å²) < 4.78 is 5.37. The maximum atomic E-state index is 11.0. The summed E-state index contributed by atoms with van der Waals surface area (Å²) in [6.45, 7) is 6.82. The van der Waals surface area contributed by atoms with Crippen LogP contribution in [-0.2, 0) is 17.8 Å². The summed E-state index contributed by atoms with van der Waals surface area (Å²) >= 11 is 0. The number of nitro benzene ring substituents is 1. The van der Waals surface area contributed by atoms with Crippen LogP contribution in [0.1, 0.15) is 16.7 Å². The first-order valence-corrected chi connectivity index (χ1v) is 8.48. The number of hydrogen-bond acceptors (Lipinski definition) is 5. The molecule has 0 bridgehead atoms. The molecule has 0 aromatic heterocycles. The molecule has 1 aliphatic rings. The molecule has 3 rings (SSSR count). The minimum Gasteiger partial charge on any atom is -0.381 e. The molecule has 6 nitrogen and oxygen atoms in total. The van der Waals surface area contributed by atoms with Crippen LogP contribution in [0.2, 0.25) is 0 Å². The lowest BCUT2D eigenvalue weighted by atomic mass is 10.1. The van der Waals surface area contributed by atoms with Gasteiger partial charge in [-0.25, -0.2) is 0 Å². The zero-order chi connectivity index (χ0) is 17.6. The molecule has 0 unspecified atom stereocenters. The minimum atomic E-state index is -0.334. The Morgan fingerprint density at radius 3 is 2.48 bits per heavy atom. The van der Waals surface area contributed by atoms with Gasteiger partial charge < -0.3 is 10.1 Å². The topological polar surface area (TPSA) is 67.6 Å². The van der Waals surface area contributed by atoms with Crippen molar-refractivity contribution in [2.24, 2.45) is 0 Å². The van der Waals surface area contributed by atoms with E-state index in [1.807, 2.05) is 6.07 Å². The normalized spacial score (nSPS) is 15.1. The molecule has 132 valence electrons. The second-order valence-corrected chi connectivity index (χ2v) is 6.32. The molecule has 0 amide bonds. The van der Waals surface area contributed by atoms with Gasteiger partial charge in [0.05, 0.1) is 18.1 Å². The van der Waals surface area contributed by atoms with E-state index in [-0.39, 0.29) is 10.6 Å². The number of anilines is 1. The van der Waals surface area contributed by atoms with Gasteiger partial charge in [0.25, 0.3) is 5.69 Å². The zero-order valence-electron chi connectivity index (χ0n) is 14.4. The quantitative estimate of drug-likeness (QED) is 0.645. The molecule has 6 heteroatoms. The number of rotatable bonds is 6. The summed E-state index contributed by atoms with van der Waals surface area (Å²) in [5.74, 6) is 0. The monoisotopic (exact) mass is 341 g/mol. The lowest BCUT2D eigenvalue weighted by Crippen LogP contribution is -2.35. The molecule has 1 N–H and O–H groups in total. The Balaban J connectivity index is 1.56. The molecule has 1 aliphatic heterocycles. The molecule has 0 atom stereocenters. The van der Waals surface area contributed by atoms with Crippen molar-refractivity contribution in [3.8, 4) is 0 Å². The Kier molecular flexibility index (Phi) is 5.63. The van der Waals surface area contributed by atoms with E-state index < -0.39 is 0 Å². The van der Waals surface area contributed by atoms with Gasteiger partial charge in [-0.2, -0.15) is 0 Å². The summed E-state index contributed by atoms with van der Waals surface area (Å²) in [5.41, 5.74) is 4.03. The standard InChI is InChI=1S/C19H23N3O3/c1-15-2-3-17(12-19(15)22(23)24)13-20-18-6-4-16(5-7-18)14-21-8-10-25-11-9-21/h2-7,12,20H,8-11,13-14H2,1H3. The number of nitrogens with zero attached hydrogens (tertiary/aromatic N) is 2. The van der Waals surface area contributed by atoms with E-state index >= 15 is 0 Å². The number of morpholine rings is 1. The summed E-state index contributed by atoms with van der Waals surface area (Å²) in [4.78, 5) is 13.1. The van der Waals surface area contributed by atoms with Crippen molar-refractivity contribution in [1.82, 2.24) is 4.90 Å². The van der Waals surface area contributed by atoms with E-state index in [0.29, 0.717) is 12.1 Å². The molecule has 2 aromatic carbocycles. The number of nitrogens with one attached hydrogen (secondary N) is 1. The van der Waals surface area contributed by atoms with Gasteiger partial charge in [0.2, 0.25) is 0 Å². The number of nitro groups is 1. The van der Waals surface area contributed by atoms with E-state index in [0.717, 1.165) is 44.1 Å². The molecular weight excluding hydrogens is 318 g/mol. The fraction of sp³-hybridized carbons (Fsp3) is 0.368. The Labute approximate surface area is 147 Å². The Bertz CT molecular complexity index is 725. The number of ether oxygens (including phenoxy) is 1. The van der Waals surface area contributed by atoms with Crippen LogP contribution in [0.15, 0.2) is 42.5 Å². The highest BCUT2D eigenvalue weighted by Gasteiger charge is 2.11. The SMILES string of the molecule is Cc1ccc(CNc2ccc(CN3CCOCC3)cc2)cc1[N+](=O)[O-]. The van der Waals surface area contributed by atoms with Crippen molar-refractivity contribution in [2.75, 3.05) is 31.6 Å². The second-order valence-electron chi connectivity index (χ2n) is 6.32. The van der Waals surface area contributed by atoms with Crippen molar-refractivity contribution in [3.05, 3.63) is 69.3 Å². The van der Waals surface area contributed by atoms with Gasteiger partial charge in [0, 0.05) is 43.5 Å². The highest BCUT2D eigenvalue weighted by atomic mass is 16.6. The van der Waals surface area contributed by atoms with Crippen molar-refractivity contribution < 1.29 is 9.66 Å². The van der Waals surface area contributed by atoms with Crippen LogP contribution in [0.3, 0.4) is 0 Å². The smallest absolute Gasteiger partial charge is 0.272 e. The molecule has 0 saturated carbocycles. The zero-order valence-corrected chi connectivity index (χ0v) is 14.4. The Morgan fingerprint density at radius 2 is 1.80 bits per heavy atom. The van der Waals surface area contributed by atoms with Crippen LogP contribution >= 0.6 is 0 Å². The van der Waals surface area contributed by atoms with Gasteiger partial charge in [0.1, 0.15) is 0 Å². The lowest BCUT2D eigenvalue weighted by Gasteiger charge is -2.26. The molecular formula is C19H23N3O3. The van der Waals surface area contributed by atoms with E-state index in [9.17, 15) is 10.1 Å². The molecule has 1 saturated heterocycles. The van der Waals surface area contributed by atoms with Gasteiger partial charge in [-0.05, 0) is 30.2 Å². The first-order valence-electron chi connectivity index (χ1n) is 8.48. The Morgan fingerprint density at radius 1 is 1.12 bits per heavy atom. The molecule has 0 aliphatic carbocycles. The van der Waals surface area contributed by atoms with Crippen molar-refractivity contribution >= 4 is 11.4 Å². The molecule has 2 aromatic rings. The largest absolute Gasteiger partial charge is 0.381 e. The van der Waals surface area contributed by atoms with Gasteiger partial charge in [-0.1, -0.05) is 24.3 Å². The summed E-state index contributed by atoms with van der Waals surface area (Å²) in [6, 6.07) is 13.7. The molecule has 0 spiro atoms. The average molecular weight is 341 g/mol. The highest BCUT2D eigenvalue weighted by Crippen LogP contribution is 2.20. The molecule has 1 fully saturated rings. The predicted octanol–water partition coefficient (Wildman–Crippen LogP) is 3.35. The second kappa shape index (κ2) is 8.09. The van der Waals surface area contributed by atoms with Crippen molar-refractivity contribution in [3.63, 3.8) is 0 Å². The van der Waals surface area contributed by atoms with E-state index in [2.05, 4.69) is 34.5 Å². The number of hydrogen-bond donors (Lipinski definition) is 1. The van der Waals surface area contributed by atoms with Crippen LogP contribution < -0.4 is 5.32 Å². The summed E-state index contributed by atoms with van der Waals surface area (Å²) in [7, 11) is 0.